The van der Waals surface area contributed by atoms with Crippen molar-refractivity contribution in [2.45, 2.75) is 43.5 Å². The summed E-state index contributed by atoms with van der Waals surface area (Å²) in [4.78, 5) is 30.4. The van der Waals surface area contributed by atoms with Crippen LogP contribution in [0.4, 0.5) is 0 Å². The molecule has 2 heterocycles. The van der Waals surface area contributed by atoms with Gasteiger partial charge < -0.3 is 5.32 Å². The highest BCUT2D eigenvalue weighted by Gasteiger charge is 2.17. The van der Waals surface area contributed by atoms with E-state index in [1.807, 2.05) is 0 Å². The van der Waals surface area contributed by atoms with Crippen LogP contribution in [0.25, 0.3) is 10.9 Å². The lowest BCUT2D eigenvalue weighted by atomic mass is 10.1. The molecule has 0 atom stereocenters. The number of amides is 1. The molecule has 0 aliphatic carbocycles. The van der Waals surface area contributed by atoms with Crippen LogP contribution in [-0.4, -0.2) is 36.2 Å². The summed E-state index contributed by atoms with van der Waals surface area (Å²) in [6.07, 6.45) is 4.95. The van der Waals surface area contributed by atoms with Gasteiger partial charge in [0.05, 0.1) is 21.6 Å². The third-order valence-electron chi connectivity index (χ3n) is 5.59. The van der Waals surface area contributed by atoms with E-state index in [1.54, 1.807) is 41.0 Å². The van der Waals surface area contributed by atoms with Crippen LogP contribution in [0.3, 0.4) is 0 Å². The lowest BCUT2D eigenvalue weighted by molar-refractivity contribution is 0.0956. The summed E-state index contributed by atoms with van der Waals surface area (Å²) in [5.41, 5.74) is 0.788. The molecule has 0 spiro atoms. The van der Waals surface area contributed by atoms with Crippen LogP contribution in [0.1, 0.15) is 41.9 Å². The highest BCUT2D eigenvalue weighted by atomic mass is 32.2. The normalized spacial score (nSPS) is 14.5. The third-order valence-corrected chi connectivity index (χ3v) is 7.32. The average Bonchev–Trinajstić information content (AvgIpc) is 2.75. The zero-order chi connectivity index (χ0) is 21.8. The molecule has 0 saturated heterocycles. The number of carbonyl (C=O) groups excluding carboxylic acids is 1. The SMILES string of the molecule is O=C(NCCS(=O)(=O)c1ccccc1)c1ccc2c(=O)n3c(nc2c1)CCCCCC3. The highest BCUT2D eigenvalue weighted by molar-refractivity contribution is 7.91. The van der Waals surface area contributed by atoms with Gasteiger partial charge in [0.25, 0.3) is 11.5 Å². The van der Waals surface area contributed by atoms with Crippen molar-refractivity contribution in [3.05, 3.63) is 70.3 Å². The van der Waals surface area contributed by atoms with E-state index < -0.39 is 9.84 Å². The van der Waals surface area contributed by atoms with Crippen LogP contribution in [0.15, 0.2) is 58.2 Å². The molecule has 4 rings (SSSR count). The van der Waals surface area contributed by atoms with Gasteiger partial charge in [0, 0.05) is 25.1 Å². The Bertz CT molecular complexity index is 1270. The van der Waals surface area contributed by atoms with Gasteiger partial charge in [-0.15, -0.1) is 0 Å². The van der Waals surface area contributed by atoms with Gasteiger partial charge in [-0.25, -0.2) is 13.4 Å². The first-order chi connectivity index (χ1) is 15.0. The average molecular weight is 440 g/mol. The van der Waals surface area contributed by atoms with Gasteiger partial charge in [-0.3, -0.25) is 14.2 Å². The van der Waals surface area contributed by atoms with Crippen LogP contribution in [-0.2, 0) is 22.8 Å². The zero-order valence-corrected chi connectivity index (χ0v) is 18.0. The van der Waals surface area contributed by atoms with Crippen molar-refractivity contribution in [3.8, 4) is 0 Å². The lowest BCUT2D eigenvalue weighted by Crippen LogP contribution is -2.29. The fourth-order valence-corrected chi connectivity index (χ4v) is 5.06. The molecule has 162 valence electrons. The number of aromatic nitrogens is 2. The molecule has 1 aromatic heterocycles. The topological polar surface area (TPSA) is 98.1 Å². The van der Waals surface area contributed by atoms with Crippen molar-refractivity contribution >= 4 is 26.6 Å². The number of sulfone groups is 1. The smallest absolute Gasteiger partial charge is 0.261 e. The number of hydrogen-bond acceptors (Lipinski definition) is 5. The van der Waals surface area contributed by atoms with E-state index in [9.17, 15) is 18.0 Å². The van der Waals surface area contributed by atoms with Gasteiger partial charge in [0.1, 0.15) is 5.82 Å². The largest absolute Gasteiger partial charge is 0.351 e. The summed E-state index contributed by atoms with van der Waals surface area (Å²) in [7, 11) is -3.47. The van der Waals surface area contributed by atoms with Crippen LogP contribution in [0, 0.1) is 0 Å². The molecule has 1 aliphatic heterocycles. The molecule has 2 aromatic carbocycles. The summed E-state index contributed by atoms with van der Waals surface area (Å²) in [5, 5.41) is 3.15. The molecule has 1 N–H and O–H groups in total. The van der Waals surface area contributed by atoms with Crippen molar-refractivity contribution in [3.63, 3.8) is 0 Å². The number of nitrogens with one attached hydrogen (secondary N) is 1. The van der Waals surface area contributed by atoms with Gasteiger partial charge in [-0.1, -0.05) is 31.0 Å². The Balaban J connectivity index is 1.51. The van der Waals surface area contributed by atoms with Crippen molar-refractivity contribution in [1.82, 2.24) is 14.9 Å². The Morgan fingerprint density at radius 1 is 1.03 bits per heavy atom. The first-order valence-electron chi connectivity index (χ1n) is 10.6. The quantitative estimate of drug-likeness (QED) is 0.659. The number of hydrogen-bond donors (Lipinski definition) is 1. The van der Waals surface area contributed by atoms with Gasteiger partial charge in [-0.2, -0.15) is 0 Å². The minimum absolute atomic E-state index is 0.00558. The van der Waals surface area contributed by atoms with Crippen molar-refractivity contribution in [1.29, 1.82) is 0 Å². The first kappa shape index (κ1) is 21.2. The number of carbonyl (C=O) groups is 1. The molecule has 0 bridgehead atoms. The number of nitrogens with zero attached hydrogens (tertiary/aromatic N) is 2. The Labute approximate surface area is 181 Å². The van der Waals surface area contributed by atoms with E-state index in [0.29, 0.717) is 23.0 Å². The van der Waals surface area contributed by atoms with Crippen molar-refractivity contribution in [2.75, 3.05) is 12.3 Å². The molecule has 0 saturated carbocycles. The van der Waals surface area contributed by atoms with E-state index in [2.05, 4.69) is 10.3 Å². The van der Waals surface area contributed by atoms with Crippen molar-refractivity contribution in [2.24, 2.45) is 0 Å². The second-order valence-electron chi connectivity index (χ2n) is 7.77. The summed E-state index contributed by atoms with van der Waals surface area (Å²) >= 11 is 0. The summed E-state index contributed by atoms with van der Waals surface area (Å²) < 4.78 is 26.5. The zero-order valence-electron chi connectivity index (χ0n) is 17.2. The van der Waals surface area contributed by atoms with E-state index >= 15 is 0 Å². The maximum atomic E-state index is 12.9. The fourth-order valence-electron chi connectivity index (χ4n) is 3.88. The van der Waals surface area contributed by atoms with Crippen LogP contribution >= 0.6 is 0 Å². The highest BCUT2D eigenvalue weighted by Crippen LogP contribution is 2.16. The molecule has 0 radical (unpaired) electrons. The van der Waals surface area contributed by atoms with Crippen molar-refractivity contribution < 1.29 is 13.2 Å². The van der Waals surface area contributed by atoms with Crippen LogP contribution < -0.4 is 10.9 Å². The molecule has 8 heteroatoms. The maximum Gasteiger partial charge on any atom is 0.261 e. The van der Waals surface area contributed by atoms with E-state index in [1.165, 1.54) is 12.1 Å². The summed E-state index contributed by atoms with van der Waals surface area (Å²) in [6, 6.07) is 13.0. The van der Waals surface area contributed by atoms with Gasteiger partial charge >= 0.3 is 0 Å². The molecular formula is C23H25N3O4S. The Kier molecular flexibility index (Phi) is 6.18. The third kappa shape index (κ3) is 4.69. The molecule has 7 nitrogen and oxygen atoms in total. The van der Waals surface area contributed by atoms with Gasteiger partial charge in [0.15, 0.2) is 9.84 Å². The Hall–Kier alpha value is -3.00. The Morgan fingerprint density at radius 2 is 1.81 bits per heavy atom. The number of benzene rings is 2. The molecule has 3 aromatic rings. The molecule has 1 aliphatic rings. The maximum absolute atomic E-state index is 12.9. The Morgan fingerprint density at radius 3 is 2.61 bits per heavy atom. The monoisotopic (exact) mass is 439 g/mol. The second-order valence-corrected chi connectivity index (χ2v) is 9.88. The van der Waals surface area contributed by atoms with E-state index in [-0.39, 0.29) is 28.7 Å². The first-order valence-corrected chi connectivity index (χ1v) is 12.2. The number of aryl methyl sites for hydroxylation is 1. The number of fused-ring (bicyclic) bond motifs is 2. The minimum atomic E-state index is -3.47. The van der Waals surface area contributed by atoms with Crippen LogP contribution in [0.2, 0.25) is 0 Å². The van der Waals surface area contributed by atoms with E-state index in [4.69, 9.17) is 0 Å². The number of rotatable bonds is 5. The summed E-state index contributed by atoms with van der Waals surface area (Å²) in [5.74, 6) is 0.186. The molecule has 0 fully saturated rings. The minimum Gasteiger partial charge on any atom is -0.351 e. The molecular weight excluding hydrogens is 414 g/mol. The molecule has 0 unspecified atom stereocenters. The lowest BCUT2D eigenvalue weighted by Gasteiger charge is -2.16. The fraction of sp³-hybridized carbons (Fsp3) is 0.348. The second kappa shape index (κ2) is 9.01. The predicted octanol–water partition coefficient (Wildman–Crippen LogP) is 2.72. The standard InChI is InChI=1S/C23H25N3O4S/c27-22(24-13-15-31(29,30)18-8-4-3-5-9-18)17-11-12-19-20(16-17)25-21-10-6-1-2-7-14-26(21)23(19)28/h3-5,8-9,11-12,16H,1-2,6-7,10,13-15H2,(H,24,27). The molecule has 1 amide bonds. The predicted molar refractivity (Wildman–Crippen MR) is 119 cm³/mol. The van der Waals surface area contributed by atoms with Crippen LogP contribution in [0.5, 0.6) is 0 Å². The van der Waals surface area contributed by atoms with E-state index in [0.717, 1.165) is 37.9 Å². The summed E-state index contributed by atoms with van der Waals surface area (Å²) in [6.45, 7) is 0.670. The molecule has 31 heavy (non-hydrogen) atoms. The van der Waals surface area contributed by atoms with Gasteiger partial charge in [-0.05, 0) is 43.2 Å². The van der Waals surface area contributed by atoms with Gasteiger partial charge in [0.2, 0.25) is 0 Å².